The van der Waals surface area contributed by atoms with Gasteiger partial charge in [-0.15, -0.1) is 0 Å². The molecule has 0 unspecified atom stereocenters. The first-order valence-electron chi connectivity index (χ1n) is 5.75. The molecule has 0 aromatic rings. The van der Waals surface area contributed by atoms with Crippen molar-refractivity contribution in [2.75, 3.05) is 26.2 Å². The zero-order valence-electron chi connectivity index (χ0n) is 10.2. The lowest BCUT2D eigenvalue weighted by molar-refractivity contribution is 0.219. The molecule has 3 N–H and O–H groups in total. The Labute approximate surface area is 89.0 Å². The second-order valence-corrected chi connectivity index (χ2v) is 4.38. The van der Waals surface area contributed by atoms with E-state index >= 15 is 0 Å². The lowest BCUT2D eigenvalue weighted by Crippen LogP contribution is -2.39. The third-order valence-electron chi connectivity index (χ3n) is 2.33. The highest BCUT2D eigenvalue weighted by molar-refractivity contribution is 4.65. The van der Waals surface area contributed by atoms with Crippen molar-refractivity contribution in [3.05, 3.63) is 0 Å². The van der Waals surface area contributed by atoms with Crippen molar-refractivity contribution in [3.63, 3.8) is 0 Å². The molecule has 0 aliphatic heterocycles. The Morgan fingerprint density at radius 3 is 2.21 bits per heavy atom. The molecule has 0 aliphatic carbocycles. The summed E-state index contributed by atoms with van der Waals surface area (Å²) in [6.45, 7) is 12.9. The van der Waals surface area contributed by atoms with Gasteiger partial charge in [-0.1, -0.05) is 13.8 Å². The van der Waals surface area contributed by atoms with E-state index < -0.39 is 0 Å². The fraction of sp³-hybridized carbons (Fsp3) is 1.00. The van der Waals surface area contributed by atoms with Crippen molar-refractivity contribution in [2.45, 2.75) is 46.2 Å². The first-order chi connectivity index (χ1) is 6.57. The van der Waals surface area contributed by atoms with E-state index in [0.717, 1.165) is 32.6 Å². The maximum Gasteiger partial charge on any atom is 0.0110 e. The van der Waals surface area contributed by atoms with E-state index in [4.69, 9.17) is 5.73 Å². The molecule has 3 nitrogen and oxygen atoms in total. The fourth-order valence-electron chi connectivity index (χ4n) is 1.42. The molecule has 0 atom stereocenters. The summed E-state index contributed by atoms with van der Waals surface area (Å²) in [6, 6.07) is 1.20. The van der Waals surface area contributed by atoms with Crippen LogP contribution in [0.2, 0.25) is 0 Å². The largest absolute Gasteiger partial charge is 0.330 e. The molecular formula is C11H27N3. The number of nitrogens with two attached hydrogens (primary N) is 1. The van der Waals surface area contributed by atoms with Gasteiger partial charge in [0.05, 0.1) is 0 Å². The SMILES string of the molecule is CC(C)NCCN(CCCN)C(C)C. The summed E-state index contributed by atoms with van der Waals surface area (Å²) in [6.07, 6.45) is 1.10. The summed E-state index contributed by atoms with van der Waals surface area (Å²) in [7, 11) is 0. The molecule has 0 heterocycles. The molecular weight excluding hydrogens is 174 g/mol. The molecule has 0 saturated heterocycles. The Balaban J connectivity index is 3.62. The Bertz CT molecular complexity index is 124. The van der Waals surface area contributed by atoms with Crippen LogP contribution >= 0.6 is 0 Å². The van der Waals surface area contributed by atoms with Crippen molar-refractivity contribution in [3.8, 4) is 0 Å². The van der Waals surface area contributed by atoms with E-state index in [1.807, 2.05) is 0 Å². The molecule has 0 bridgehead atoms. The average molecular weight is 201 g/mol. The molecule has 0 aromatic carbocycles. The topological polar surface area (TPSA) is 41.3 Å². The molecule has 0 radical (unpaired) electrons. The molecule has 86 valence electrons. The summed E-state index contributed by atoms with van der Waals surface area (Å²) >= 11 is 0. The highest BCUT2D eigenvalue weighted by Gasteiger charge is 2.07. The summed E-state index contributed by atoms with van der Waals surface area (Å²) in [4.78, 5) is 2.47. The standard InChI is InChI=1S/C11H27N3/c1-10(2)13-7-9-14(11(3)4)8-5-6-12/h10-11,13H,5-9,12H2,1-4H3. The van der Waals surface area contributed by atoms with Crippen LogP contribution in [0, 0.1) is 0 Å². The molecule has 0 aliphatic rings. The first kappa shape index (κ1) is 13.9. The highest BCUT2D eigenvalue weighted by atomic mass is 15.2. The van der Waals surface area contributed by atoms with Gasteiger partial charge in [-0.25, -0.2) is 0 Å². The third-order valence-corrected chi connectivity index (χ3v) is 2.33. The van der Waals surface area contributed by atoms with Crippen LogP contribution < -0.4 is 11.1 Å². The maximum atomic E-state index is 5.51. The second-order valence-electron chi connectivity index (χ2n) is 4.38. The van der Waals surface area contributed by atoms with Gasteiger partial charge in [0, 0.05) is 25.2 Å². The van der Waals surface area contributed by atoms with Crippen LogP contribution in [0.15, 0.2) is 0 Å². The zero-order chi connectivity index (χ0) is 11.0. The number of rotatable bonds is 8. The van der Waals surface area contributed by atoms with Crippen LogP contribution in [-0.4, -0.2) is 43.2 Å². The van der Waals surface area contributed by atoms with E-state index in [2.05, 4.69) is 37.9 Å². The first-order valence-corrected chi connectivity index (χ1v) is 5.75. The molecule has 0 rings (SSSR count). The lowest BCUT2D eigenvalue weighted by Gasteiger charge is -2.26. The molecule has 14 heavy (non-hydrogen) atoms. The van der Waals surface area contributed by atoms with Gasteiger partial charge in [0.1, 0.15) is 0 Å². The normalized spacial score (nSPS) is 12.0. The smallest absolute Gasteiger partial charge is 0.0110 e. The van der Waals surface area contributed by atoms with Crippen LogP contribution in [0.25, 0.3) is 0 Å². The van der Waals surface area contributed by atoms with E-state index in [1.54, 1.807) is 0 Å². The van der Waals surface area contributed by atoms with Crippen LogP contribution in [0.4, 0.5) is 0 Å². The van der Waals surface area contributed by atoms with Gasteiger partial charge in [0.15, 0.2) is 0 Å². The van der Waals surface area contributed by atoms with E-state index in [-0.39, 0.29) is 0 Å². The van der Waals surface area contributed by atoms with Crippen molar-refractivity contribution in [1.82, 2.24) is 10.2 Å². The highest BCUT2D eigenvalue weighted by Crippen LogP contribution is 1.98. The Hall–Kier alpha value is -0.120. The number of nitrogens with one attached hydrogen (secondary N) is 1. The van der Waals surface area contributed by atoms with Gasteiger partial charge in [0.2, 0.25) is 0 Å². The maximum absolute atomic E-state index is 5.51. The van der Waals surface area contributed by atoms with Gasteiger partial charge >= 0.3 is 0 Å². The monoisotopic (exact) mass is 201 g/mol. The van der Waals surface area contributed by atoms with E-state index in [0.29, 0.717) is 12.1 Å². The van der Waals surface area contributed by atoms with Crippen LogP contribution in [0.1, 0.15) is 34.1 Å². The van der Waals surface area contributed by atoms with Crippen LogP contribution in [0.5, 0.6) is 0 Å². The minimum Gasteiger partial charge on any atom is -0.330 e. The number of nitrogens with zero attached hydrogens (tertiary/aromatic N) is 1. The second kappa shape index (κ2) is 8.21. The third kappa shape index (κ3) is 7.30. The zero-order valence-corrected chi connectivity index (χ0v) is 10.2. The average Bonchev–Trinajstić information content (AvgIpc) is 2.09. The molecule has 0 amide bonds. The van der Waals surface area contributed by atoms with Gasteiger partial charge in [0.25, 0.3) is 0 Å². The van der Waals surface area contributed by atoms with Crippen LogP contribution in [-0.2, 0) is 0 Å². The van der Waals surface area contributed by atoms with Crippen LogP contribution in [0.3, 0.4) is 0 Å². The van der Waals surface area contributed by atoms with Gasteiger partial charge in [-0.2, -0.15) is 0 Å². The summed E-state index contributed by atoms with van der Waals surface area (Å²) < 4.78 is 0. The minimum atomic E-state index is 0.582. The molecule has 3 heteroatoms. The van der Waals surface area contributed by atoms with Crippen molar-refractivity contribution < 1.29 is 0 Å². The molecule has 0 spiro atoms. The summed E-state index contributed by atoms with van der Waals surface area (Å²) in [5.41, 5.74) is 5.51. The lowest BCUT2D eigenvalue weighted by atomic mass is 10.2. The molecule has 0 aromatic heterocycles. The number of hydrogen-bond acceptors (Lipinski definition) is 3. The van der Waals surface area contributed by atoms with Gasteiger partial charge in [-0.3, -0.25) is 4.90 Å². The minimum absolute atomic E-state index is 0.582. The number of hydrogen-bond donors (Lipinski definition) is 2. The Morgan fingerprint density at radius 1 is 1.14 bits per heavy atom. The van der Waals surface area contributed by atoms with E-state index in [9.17, 15) is 0 Å². The molecule has 0 fully saturated rings. The van der Waals surface area contributed by atoms with E-state index in [1.165, 1.54) is 0 Å². The van der Waals surface area contributed by atoms with Gasteiger partial charge in [-0.05, 0) is 33.4 Å². The predicted molar refractivity (Wildman–Crippen MR) is 63.5 cm³/mol. The van der Waals surface area contributed by atoms with Crippen molar-refractivity contribution >= 4 is 0 Å². The summed E-state index contributed by atoms with van der Waals surface area (Å²) in [5, 5.41) is 3.43. The van der Waals surface area contributed by atoms with Gasteiger partial charge < -0.3 is 11.1 Å². The van der Waals surface area contributed by atoms with Crippen molar-refractivity contribution in [1.29, 1.82) is 0 Å². The summed E-state index contributed by atoms with van der Waals surface area (Å²) in [5.74, 6) is 0. The predicted octanol–water partition coefficient (Wildman–Crippen LogP) is 1.04. The molecule has 0 saturated carbocycles. The Kier molecular flexibility index (Phi) is 8.14. The Morgan fingerprint density at radius 2 is 1.79 bits per heavy atom. The quantitative estimate of drug-likeness (QED) is 0.616. The van der Waals surface area contributed by atoms with Crippen molar-refractivity contribution in [2.24, 2.45) is 5.73 Å². The fourth-order valence-corrected chi connectivity index (χ4v) is 1.42.